The molecule has 108 valence electrons. The Bertz CT molecular complexity index is 475. The average molecular weight is 276 g/mol. The number of carboxylic acids is 1. The lowest BCUT2D eigenvalue weighted by atomic mass is 10.0. The molecule has 1 aliphatic carbocycles. The number of rotatable bonds is 5. The van der Waals surface area contributed by atoms with Crippen molar-refractivity contribution in [2.75, 3.05) is 6.54 Å². The van der Waals surface area contributed by atoms with E-state index >= 15 is 0 Å². The molecule has 0 bridgehead atoms. The van der Waals surface area contributed by atoms with E-state index in [-0.39, 0.29) is 17.7 Å². The van der Waals surface area contributed by atoms with Gasteiger partial charge in [-0.2, -0.15) is 0 Å². The maximum Gasteiger partial charge on any atom is 0.306 e. The Morgan fingerprint density at radius 1 is 1.35 bits per heavy atom. The number of carbonyl (C=O) groups excluding carboxylic acids is 1. The van der Waals surface area contributed by atoms with Crippen LogP contribution in [0.3, 0.4) is 0 Å². The molecule has 0 aliphatic heterocycles. The van der Waals surface area contributed by atoms with Crippen molar-refractivity contribution < 1.29 is 14.7 Å². The van der Waals surface area contributed by atoms with Crippen LogP contribution in [-0.4, -0.2) is 33.4 Å². The summed E-state index contributed by atoms with van der Waals surface area (Å²) in [4.78, 5) is 29.4. The van der Waals surface area contributed by atoms with E-state index in [2.05, 4.69) is 4.98 Å². The van der Waals surface area contributed by atoms with Crippen LogP contribution >= 0.6 is 0 Å². The van der Waals surface area contributed by atoms with Crippen molar-refractivity contribution in [3.05, 3.63) is 30.1 Å². The molecule has 0 saturated heterocycles. The molecular weight excluding hydrogens is 256 g/mol. The largest absolute Gasteiger partial charge is 0.481 e. The van der Waals surface area contributed by atoms with Crippen molar-refractivity contribution in [2.45, 2.75) is 32.7 Å². The van der Waals surface area contributed by atoms with Crippen LogP contribution in [0.4, 0.5) is 0 Å². The molecule has 1 amide bonds. The van der Waals surface area contributed by atoms with Gasteiger partial charge in [-0.3, -0.25) is 14.6 Å². The van der Waals surface area contributed by atoms with E-state index in [4.69, 9.17) is 5.11 Å². The molecule has 5 nitrogen and oxygen atoms in total. The Kier molecular flexibility index (Phi) is 4.71. The molecule has 1 aliphatic rings. The number of aromatic nitrogens is 1. The quantitative estimate of drug-likeness (QED) is 0.892. The van der Waals surface area contributed by atoms with Crippen LogP contribution in [-0.2, 0) is 16.1 Å². The van der Waals surface area contributed by atoms with Crippen molar-refractivity contribution in [1.82, 2.24) is 9.88 Å². The predicted molar refractivity (Wildman–Crippen MR) is 73.8 cm³/mol. The first-order chi connectivity index (χ1) is 9.61. The van der Waals surface area contributed by atoms with E-state index in [1.165, 1.54) is 0 Å². The van der Waals surface area contributed by atoms with Crippen LogP contribution in [0.2, 0.25) is 0 Å². The third-order valence-electron chi connectivity index (χ3n) is 3.90. The summed E-state index contributed by atoms with van der Waals surface area (Å²) >= 11 is 0. The number of amides is 1. The van der Waals surface area contributed by atoms with Gasteiger partial charge in [-0.1, -0.05) is 6.07 Å². The lowest BCUT2D eigenvalue weighted by molar-refractivity contribution is -0.141. The monoisotopic (exact) mass is 276 g/mol. The van der Waals surface area contributed by atoms with E-state index in [0.29, 0.717) is 32.4 Å². The minimum atomic E-state index is -0.784. The molecule has 1 N–H and O–H groups in total. The van der Waals surface area contributed by atoms with Gasteiger partial charge in [0.25, 0.3) is 0 Å². The zero-order chi connectivity index (χ0) is 14.5. The molecule has 2 rings (SSSR count). The predicted octanol–water partition coefficient (Wildman–Crippen LogP) is 1.93. The summed E-state index contributed by atoms with van der Waals surface area (Å²) in [5.74, 6) is -1.24. The fourth-order valence-electron chi connectivity index (χ4n) is 2.72. The SMILES string of the molecule is CCN(Cc1ccccn1)C(=O)[C@@H]1CC[C@H](C(=O)O)C1. The molecule has 20 heavy (non-hydrogen) atoms. The number of aliphatic carboxylic acids is 1. The van der Waals surface area contributed by atoms with Gasteiger partial charge in [0.2, 0.25) is 5.91 Å². The Hall–Kier alpha value is -1.91. The van der Waals surface area contributed by atoms with Crippen molar-refractivity contribution in [2.24, 2.45) is 11.8 Å². The van der Waals surface area contributed by atoms with Gasteiger partial charge in [-0.15, -0.1) is 0 Å². The Morgan fingerprint density at radius 2 is 2.10 bits per heavy atom. The summed E-state index contributed by atoms with van der Waals surface area (Å²) in [6.45, 7) is 3.04. The number of pyridine rings is 1. The molecule has 0 unspecified atom stereocenters. The van der Waals surface area contributed by atoms with Gasteiger partial charge in [-0.05, 0) is 38.3 Å². The average Bonchev–Trinajstić information content (AvgIpc) is 2.95. The second-order valence-corrected chi connectivity index (χ2v) is 5.22. The van der Waals surface area contributed by atoms with Crippen molar-refractivity contribution >= 4 is 11.9 Å². The summed E-state index contributed by atoms with van der Waals surface area (Å²) in [5, 5.41) is 9.01. The third kappa shape index (κ3) is 3.35. The fraction of sp³-hybridized carbons (Fsp3) is 0.533. The maximum absolute atomic E-state index is 12.5. The number of carbonyl (C=O) groups is 2. The smallest absolute Gasteiger partial charge is 0.306 e. The Labute approximate surface area is 118 Å². The molecule has 5 heteroatoms. The highest BCUT2D eigenvalue weighted by atomic mass is 16.4. The van der Waals surface area contributed by atoms with Gasteiger partial charge in [0, 0.05) is 18.7 Å². The minimum absolute atomic E-state index is 0.0573. The lowest BCUT2D eigenvalue weighted by Crippen LogP contribution is -2.35. The highest BCUT2D eigenvalue weighted by Gasteiger charge is 2.35. The van der Waals surface area contributed by atoms with E-state index in [0.717, 1.165) is 5.69 Å². The van der Waals surface area contributed by atoms with E-state index in [1.807, 2.05) is 25.1 Å². The fourth-order valence-corrected chi connectivity index (χ4v) is 2.72. The third-order valence-corrected chi connectivity index (χ3v) is 3.90. The zero-order valence-electron chi connectivity index (χ0n) is 11.7. The molecule has 1 fully saturated rings. The van der Waals surface area contributed by atoms with Gasteiger partial charge in [0.15, 0.2) is 0 Å². The molecule has 2 atom stereocenters. The van der Waals surface area contributed by atoms with Crippen molar-refractivity contribution in [3.8, 4) is 0 Å². The van der Waals surface area contributed by atoms with Crippen molar-refractivity contribution in [1.29, 1.82) is 0 Å². The lowest BCUT2D eigenvalue weighted by Gasteiger charge is -2.24. The maximum atomic E-state index is 12.5. The van der Waals surface area contributed by atoms with E-state index in [9.17, 15) is 9.59 Å². The molecular formula is C15H20N2O3. The van der Waals surface area contributed by atoms with Crippen LogP contribution in [0.15, 0.2) is 24.4 Å². The molecule has 0 spiro atoms. The second kappa shape index (κ2) is 6.50. The zero-order valence-corrected chi connectivity index (χ0v) is 11.7. The van der Waals surface area contributed by atoms with Crippen LogP contribution in [0.5, 0.6) is 0 Å². The van der Waals surface area contributed by atoms with Gasteiger partial charge < -0.3 is 10.0 Å². The highest BCUT2D eigenvalue weighted by molar-refractivity contribution is 5.81. The standard InChI is InChI=1S/C15H20N2O3/c1-2-17(10-13-5-3-4-8-16-13)14(18)11-6-7-12(9-11)15(19)20/h3-5,8,11-12H,2,6-7,9-10H2,1H3,(H,19,20)/t11-,12+/m1/s1. The Balaban J connectivity index is 1.98. The molecule has 1 saturated carbocycles. The first kappa shape index (κ1) is 14.5. The van der Waals surface area contributed by atoms with E-state index < -0.39 is 5.97 Å². The van der Waals surface area contributed by atoms with Crippen molar-refractivity contribution in [3.63, 3.8) is 0 Å². The Morgan fingerprint density at radius 3 is 2.65 bits per heavy atom. The van der Waals surface area contributed by atoms with Gasteiger partial charge >= 0.3 is 5.97 Å². The highest BCUT2D eigenvalue weighted by Crippen LogP contribution is 2.32. The second-order valence-electron chi connectivity index (χ2n) is 5.22. The summed E-state index contributed by atoms with van der Waals surface area (Å²) < 4.78 is 0. The molecule has 1 heterocycles. The number of hydrogen-bond acceptors (Lipinski definition) is 3. The molecule has 1 aromatic rings. The van der Waals surface area contributed by atoms with Crippen LogP contribution in [0, 0.1) is 11.8 Å². The normalized spacial score (nSPS) is 21.6. The van der Waals surface area contributed by atoms with Gasteiger partial charge in [-0.25, -0.2) is 0 Å². The number of hydrogen-bond donors (Lipinski definition) is 1. The molecule has 0 radical (unpaired) electrons. The van der Waals surface area contributed by atoms with Crippen LogP contribution in [0.1, 0.15) is 31.9 Å². The van der Waals surface area contributed by atoms with Crippen LogP contribution < -0.4 is 0 Å². The first-order valence-electron chi connectivity index (χ1n) is 7.03. The summed E-state index contributed by atoms with van der Waals surface area (Å²) in [6, 6.07) is 5.64. The van der Waals surface area contributed by atoms with Gasteiger partial charge in [0.05, 0.1) is 18.2 Å². The number of nitrogens with zero attached hydrogens (tertiary/aromatic N) is 2. The topological polar surface area (TPSA) is 70.5 Å². The van der Waals surface area contributed by atoms with Crippen LogP contribution in [0.25, 0.3) is 0 Å². The number of carboxylic acid groups (broad SMARTS) is 1. The summed E-state index contributed by atoms with van der Waals surface area (Å²) in [6.07, 6.45) is 3.46. The first-order valence-corrected chi connectivity index (χ1v) is 7.03. The summed E-state index contributed by atoms with van der Waals surface area (Å²) in [7, 11) is 0. The minimum Gasteiger partial charge on any atom is -0.481 e. The van der Waals surface area contributed by atoms with Gasteiger partial charge in [0.1, 0.15) is 0 Å². The van der Waals surface area contributed by atoms with E-state index in [1.54, 1.807) is 11.1 Å². The molecule has 0 aromatic carbocycles. The molecule has 1 aromatic heterocycles. The summed E-state index contributed by atoms with van der Waals surface area (Å²) in [5.41, 5.74) is 0.857.